The molecular weight excluding hydrogens is 455 g/mol. The molecule has 2 aliphatic rings. The van der Waals surface area contributed by atoms with E-state index in [1.165, 1.54) is 42.5 Å². The van der Waals surface area contributed by atoms with Crippen molar-refractivity contribution < 1.29 is 32.7 Å². The molecule has 2 amide bonds. The van der Waals surface area contributed by atoms with Gasteiger partial charge in [0, 0.05) is 18.6 Å². The summed E-state index contributed by atoms with van der Waals surface area (Å²) in [6, 6.07) is 8.05. The first kappa shape index (κ1) is 24.9. The molecule has 0 bridgehead atoms. The van der Waals surface area contributed by atoms with Crippen LogP contribution >= 0.6 is 0 Å². The predicted molar refractivity (Wildman–Crippen MR) is 124 cm³/mol. The lowest BCUT2D eigenvalue weighted by Crippen LogP contribution is -2.55. The summed E-state index contributed by atoms with van der Waals surface area (Å²) < 4.78 is 30.0. The standard InChI is InChI=1S/C26H31FN2O6/c1-2-33-26-20(16-24(31)35-26)29(23(30)14-11-17-7-4-3-5-8-17)28-25(32)22-13-12-21(34-22)18-9-6-10-19(27)15-18/h6,9-10,12-13,15,17,20,26H,2-5,7-8,11,14,16H2,1H3,(H,28,32)/t20-,26?/m0/s1. The lowest BCUT2D eigenvalue weighted by Gasteiger charge is -2.31. The molecule has 2 heterocycles. The van der Waals surface area contributed by atoms with Crippen LogP contribution in [0.25, 0.3) is 11.3 Å². The van der Waals surface area contributed by atoms with E-state index in [2.05, 4.69) is 5.43 Å². The summed E-state index contributed by atoms with van der Waals surface area (Å²) in [6.07, 6.45) is 5.66. The third-order valence-electron chi connectivity index (χ3n) is 6.52. The molecule has 1 saturated heterocycles. The molecular formula is C26H31FN2O6. The summed E-state index contributed by atoms with van der Waals surface area (Å²) in [5.74, 6) is -1.15. The molecule has 2 fully saturated rings. The highest BCUT2D eigenvalue weighted by atomic mass is 19.1. The van der Waals surface area contributed by atoms with E-state index in [-0.39, 0.29) is 31.1 Å². The SMILES string of the molecule is CCOC1OC(=O)C[C@@H]1N(NC(=O)c1ccc(-c2cccc(F)c2)o1)C(=O)CCC1CCCCC1. The smallest absolute Gasteiger partial charge is 0.310 e. The van der Waals surface area contributed by atoms with Crippen molar-refractivity contribution in [2.75, 3.05) is 6.61 Å². The van der Waals surface area contributed by atoms with Crippen molar-refractivity contribution in [1.29, 1.82) is 0 Å². The van der Waals surface area contributed by atoms with E-state index in [0.29, 0.717) is 17.2 Å². The van der Waals surface area contributed by atoms with Crippen LogP contribution < -0.4 is 5.43 Å². The van der Waals surface area contributed by atoms with Crippen molar-refractivity contribution in [2.24, 2.45) is 5.92 Å². The first-order chi connectivity index (χ1) is 16.9. The maximum Gasteiger partial charge on any atom is 0.310 e. The zero-order valence-corrected chi connectivity index (χ0v) is 19.8. The van der Waals surface area contributed by atoms with Crippen molar-refractivity contribution in [2.45, 2.75) is 70.6 Å². The number of hydrazine groups is 1. The number of hydrogen-bond donors (Lipinski definition) is 1. The van der Waals surface area contributed by atoms with E-state index in [9.17, 15) is 18.8 Å². The van der Waals surface area contributed by atoms with E-state index in [4.69, 9.17) is 13.9 Å². The molecule has 4 rings (SSSR count). The van der Waals surface area contributed by atoms with E-state index in [0.717, 1.165) is 19.3 Å². The molecule has 1 aliphatic carbocycles. The summed E-state index contributed by atoms with van der Waals surface area (Å²) in [6.45, 7) is 2.04. The monoisotopic (exact) mass is 486 g/mol. The Morgan fingerprint density at radius 2 is 1.97 bits per heavy atom. The second-order valence-corrected chi connectivity index (χ2v) is 9.01. The molecule has 1 aromatic carbocycles. The molecule has 1 saturated carbocycles. The quantitative estimate of drug-likeness (QED) is 0.433. The lowest BCUT2D eigenvalue weighted by molar-refractivity contribution is -0.172. The number of carbonyl (C=O) groups is 3. The minimum absolute atomic E-state index is 0.0486. The number of furan rings is 1. The van der Waals surface area contributed by atoms with Crippen LogP contribution in [0, 0.1) is 11.7 Å². The number of halogens is 1. The molecule has 1 N–H and O–H groups in total. The van der Waals surface area contributed by atoms with Gasteiger partial charge in [-0.25, -0.2) is 9.40 Å². The fraction of sp³-hybridized carbons (Fsp3) is 0.500. The Kier molecular flexibility index (Phi) is 8.17. The molecule has 1 aromatic heterocycles. The molecule has 0 spiro atoms. The average molecular weight is 487 g/mol. The first-order valence-electron chi connectivity index (χ1n) is 12.2. The third kappa shape index (κ3) is 6.28. The number of cyclic esters (lactones) is 1. The van der Waals surface area contributed by atoms with Crippen LogP contribution in [0.2, 0.25) is 0 Å². The van der Waals surface area contributed by atoms with Gasteiger partial charge >= 0.3 is 11.9 Å². The molecule has 188 valence electrons. The van der Waals surface area contributed by atoms with Gasteiger partial charge in [-0.15, -0.1) is 0 Å². The van der Waals surface area contributed by atoms with Crippen molar-refractivity contribution in [3.05, 3.63) is 48.0 Å². The third-order valence-corrected chi connectivity index (χ3v) is 6.52. The van der Waals surface area contributed by atoms with E-state index < -0.39 is 30.0 Å². The van der Waals surface area contributed by atoms with Crippen molar-refractivity contribution in [3.8, 4) is 11.3 Å². The molecule has 2 aromatic rings. The molecule has 9 heteroatoms. The molecule has 8 nitrogen and oxygen atoms in total. The van der Waals surface area contributed by atoms with Gasteiger partial charge in [0.1, 0.15) is 17.6 Å². The summed E-state index contributed by atoms with van der Waals surface area (Å²) in [5, 5.41) is 1.17. The maximum absolute atomic E-state index is 13.6. The van der Waals surface area contributed by atoms with Gasteiger partial charge in [-0.2, -0.15) is 0 Å². The number of hydrogen-bond acceptors (Lipinski definition) is 6. The van der Waals surface area contributed by atoms with Gasteiger partial charge in [-0.1, -0.05) is 44.2 Å². The minimum Gasteiger partial charge on any atom is -0.451 e. The van der Waals surface area contributed by atoms with Gasteiger partial charge < -0.3 is 13.9 Å². The Morgan fingerprint density at radius 1 is 1.17 bits per heavy atom. The number of amides is 2. The van der Waals surface area contributed by atoms with Gasteiger partial charge in [-0.3, -0.25) is 19.8 Å². The van der Waals surface area contributed by atoms with E-state index in [1.807, 2.05) is 0 Å². The van der Waals surface area contributed by atoms with Crippen LogP contribution in [0.15, 0.2) is 40.8 Å². The highest BCUT2D eigenvalue weighted by Crippen LogP contribution is 2.29. The summed E-state index contributed by atoms with van der Waals surface area (Å²) in [4.78, 5) is 38.3. The Labute approximate surface area is 203 Å². The van der Waals surface area contributed by atoms with Crippen LogP contribution in [0.3, 0.4) is 0 Å². The van der Waals surface area contributed by atoms with Crippen LogP contribution in [-0.4, -0.2) is 41.7 Å². The second-order valence-electron chi connectivity index (χ2n) is 9.01. The Balaban J connectivity index is 1.49. The number of ether oxygens (including phenoxy) is 2. The predicted octanol–water partition coefficient (Wildman–Crippen LogP) is 4.60. The summed E-state index contributed by atoms with van der Waals surface area (Å²) in [7, 11) is 0. The highest BCUT2D eigenvalue weighted by molar-refractivity contribution is 5.93. The van der Waals surface area contributed by atoms with Gasteiger partial charge in [0.15, 0.2) is 5.76 Å². The van der Waals surface area contributed by atoms with E-state index in [1.54, 1.807) is 25.1 Å². The van der Waals surface area contributed by atoms with Crippen LogP contribution in [0.5, 0.6) is 0 Å². The lowest BCUT2D eigenvalue weighted by atomic mass is 9.86. The number of carbonyl (C=O) groups excluding carboxylic acids is 3. The van der Waals surface area contributed by atoms with Gasteiger partial charge in [-0.05, 0) is 43.5 Å². The Morgan fingerprint density at radius 3 is 2.71 bits per heavy atom. The molecule has 1 unspecified atom stereocenters. The average Bonchev–Trinajstić information content (AvgIpc) is 3.49. The van der Waals surface area contributed by atoms with Gasteiger partial charge in [0.25, 0.3) is 0 Å². The first-order valence-corrected chi connectivity index (χ1v) is 12.2. The van der Waals surface area contributed by atoms with Crippen LogP contribution in [0.4, 0.5) is 4.39 Å². The fourth-order valence-corrected chi connectivity index (χ4v) is 4.72. The zero-order chi connectivity index (χ0) is 24.8. The van der Waals surface area contributed by atoms with Crippen LogP contribution in [-0.2, 0) is 19.1 Å². The number of benzene rings is 1. The van der Waals surface area contributed by atoms with Crippen molar-refractivity contribution >= 4 is 17.8 Å². The Hall–Kier alpha value is -3.20. The molecule has 35 heavy (non-hydrogen) atoms. The molecule has 2 atom stereocenters. The Bertz CT molecular complexity index is 1050. The molecule has 0 radical (unpaired) electrons. The highest BCUT2D eigenvalue weighted by Gasteiger charge is 2.43. The van der Waals surface area contributed by atoms with Gasteiger partial charge in [0.2, 0.25) is 12.2 Å². The minimum atomic E-state index is -0.967. The van der Waals surface area contributed by atoms with Crippen LogP contribution in [0.1, 0.15) is 68.8 Å². The van der Waals surface area contributed by atoms with Crippen molar-refractivity contribution in [3.63, 3.8) is 0 Å². The zero-order valence-electron chi connectivity index (χ0n) is 19.8. The number of rotatable bonds is 8. The topological polar surface area (TPSA) is 98.1 Å². The number of esters is 1. The van der Waals surface area contributed by atoms with Gasteiger partial charge in [0.05, 0.1) is 6.42 Å². The summed E-state index contributed by atoms with van der Waals surface area (Å²) in [5.41, 5.74) is 3.09. The fourth-order valence-electron chi connectivity index (χ4n) is 4.72. The number of nitrogens with zero attached hydrogens (tertiary/aromatic N) is 1. The largest absolute Gasteiger partial charge is 0.451 e. The van der Waals surface area contributed by atoms with E-state index >= 15 is 0 Å². The summed E-state index contributed by atoms with van der Waals surface area (Å²) >= 11 is 0. The normalized spacial score (nSPS) is 20.5. The molecule has 1 aliphatic heterocycles. The maximum atomic E-state index is 13.6. The number of nitrogens with one attached hydrogen (secondary N) is 1. The van der Waals surface area contributed by atoms with Crippen molar-refractivity contribution in [1.82, 2.24) is 10.4 Å². The second kappa shape index (κ2) is 11.5.